The van der Waals surface area contributed by atoms with E-state index in [0.717, 1.165) is 19.5 Å². The number of nitrogens with zero attached hydrogens (tertiary/aromatic N) is 1. The van der Waals surface area contributed by atoms with Crippen LogP contribution in [0.5, 0.6) is 0 Å². The molecule has 1 amide bonds. The molecule has 0 saturated carbocycles. The van der Waals surface area contributed by atoms with Gasteiger partial charge in [-0.05, 0) is 12.3 Å². The van der Waals surface area contributed by atoms with Crippen molar-refractivity contribution in [1.82, 2.24) is 4.90 Å². The second-order valence-corrected chi connectivity index (χ2v) is 3.39. The maximum Gasteiger partial charge on any atom is 0.219 e. The van der Waals surface area contributed by atoms with E-state index in [4.69, 9.17) is 5.73 Å². The Balaban J connectivity index is 2.46. The molecule has 0 radical (unpaired) electrons. The van der Waals surface area contributed by atoms with Gasteiger partial charge >= 0.3 is 0 Å². The Kier molecular flexibility index (Phi) is 2.49. The molecular formula is C8H16N2O. The maximum atomic E-state index is 10.9. The Bertz CT molecular complexity index is 158. The van der Waals surface area contributed by atoms with Crippen LogP contribution >= 0.6 is 0 Å². The molecule has 0 bridgehead atoms. The Labute approximate surface area is 67.5 Å². The zero-order valence-corrected chi connectivity index (χ0v) is 7.21. The SMILES string of the molecule is CC(=O)N1CC[C@H](N)[C@H](C)C1. The van der Waals surface area contributed by atoms with E-state index in [0.29, 0.717) is 5.92 Å². The van der Waals surface area contributed by atoms with Crippen LogP contribution in [0.25, 0.3) is 0 Å². The molecule has 2 atom stereocenters. The molecule has 0 aromatic carbocycles. The molecule has 64 valence electrons. The van der Waals surface area contributed by atoms with E-state index >= 15 is 0 Å². The Morgan fingerprint density at radius 3 is 2.73 bits per heavy atom. The number of piperidine rings is 1. The summed E-state index contributed by atoms with van der Waals surface area (Å²) < 4.78 is 0. The molecule has 1 aliphatic heterocycles. The molecule has 0 aromatic heterocycles. The van der Waals surface area contributed by atoms with Crippen LogP contribution < -0.4 is 5.73 Å². The molecule has 1 saturated heterocycles. The molecule has 0 aliphatic carbocycles. The number of hydrogen-bond acceptors (Lipinski definition) is 2. The Morgan fingerprint density at radius 1 is 1.64 bits per heavy atom. The molecule has 2 N–H and O–H groups in total. The number of carbonyl (C=O) groups is 1. The van der Waals surface area contributed by atoms with Gasteiger partial charge in [-0.3, -0.25) is 4.79 Å². The average Bonchev–Trinajstić information content (AvgIpc) is 1.94. The summed E-state index contributed by atoms with van der Waals surface area (Å²) in [5, 5.41) is 0. The molecule has 0 aromatic rings. The smallest absolute Gasteiger partial charge is 0.219 e. The van der Waals surface area contributed by atoms with E-state index in [-0.39, 0.29) is 11.9 Å². The van der Waals surface area contributed by atoms with Crippen LogP contribution in [0.2, 0.25) is 0 Å². The third kappa shape index (κ3) is 1.93. The van der Waals surface area contributed by atoms with E-state index in [9.17, 15) is 4.79 Å². The lowest BCUT2D eigenvalue weighted by Gasteiger charge is -2.34. The topological polar surface area (TPSA) is 46.3 Å². The molecule has 1 fully saturated rings. The number of rotatable bonds is 0. The minimum Gasteiger partial charge on any atom is -0.343 e. The molecule has 1 aliphatic rings. The summed E-state index contributed by atoms with van der Waals surface area (Å²) in [6.45, 7) is 5.38. The molecule has 3 heteroatoms. The van der Waals surface area contributed by atoms with Crippen molar-refractivity contribution in [2.45, 2.75) is 26.3 Å². The first-order valence-corrected chi connectivity index (χ1v) is 4.12. The van der Waals surface area contributed by atoms with Crippen molar-refractivity contribution in [2.24, 2.45) is 11.7 Å². The highest BCUT2D eigenvalue weighted by Crippen LogP contribution is 2.14. The van der Waals surface area contributed by atoms with E-state index in [2.05, 4.69) is 6.92 Å². The fraction of sp³-hybridized carbons (Fsp3) is 0.875. The van der Waals surface area contributed by atoms with E-state index in [1.807, 2.05) is 4.90 Å². The highest BCUT2D eigenvalue weighted by atomic mass is 16.2. The maximum absolute atomic E-state index is 10.9. The largest absolute Gasteiger partial charge is 0.343 e. The summed E-state index contributed by atoms with van der Waals surface area (Å²) in [7, 11) is 0. The van der Waals surface area contributed by atoms with E-state index in [1.165, 1.54) is 0 Å². The van der Waals surface area contributed by atoms with Crippen molar-refractivity contribution in [3.8, 4) is 0 Å². The van der Waals surface area contributed by atoms with Gasteiger partial charge in [0, 0.05) is 26.1 Å². The zero-order chi connectivity index (χ0) is 8.43. The highest BCUT2D eigenvalue weighted by Gasteiger charge is 2.23. The van der Waals surface area contributed by atoms with Gasteiger partial charge in [-0.2, -0.15) is 0 Å². The zero-order valence-electron chi connectivity index (χ0n) is 7.21. The minimum atomic E-state index is 0.170. The highest BCUT2D eigenvalue weighted by molar-refractivity contribution is 5.73. The monoisotopic (exact) mass is 156 g/mol. The van der Waals surface area contributed by atoms with Crippen LogP contribution in [0.1, 0.15) is 20.3 Å². The van der Waals surface area contributed by atoms with Crippen molar-refractivity contribution in [1.29, 1.82) is 0 Å². The molecule has 0 unspecified atom stereocenters. The third-order valence-electron chi connectivity index (χ3n) is 2.42. The average molecular weight is 156 g/mol. The van der Waals surface area contributed by atoms with Gasteiger partial charge in [0.1, 0.15) is 0 Å². The Morgan fingerprint density at radius 2 is 2.27 bits per heavy atom. The number of carbonyl (C=O) groups excluding carboxylic acids is 1. The summed E-state index contributed by atoms with van der Waals surface area (Å²) in [4.78, 5) is 12.8. The van der Waals surface area contributed by atoms with Crippen LogP contribution in [0.4, 0.5) is 0 Å². The summed E-state index contributed by atoms with van der Waals surface area (Å²) in [5.74, 6) is 0.622. The van der Waals surface area contributed by atoms with Crippen molar-refractivity contribution in [3.63, 3.8) is 0 Å². The van der Waals surface area contributed by atoms with Crippen molar-refractivity contribution in [2.75, 3.05) is 13.1 Å². The van der Waals surface area contributed by atoms with Gasteiger partial charge in [0.25, 0.3) is 0 Å². The summed E-state index contributed by atoms with van der Waals surface area (Å²) >= 11 is 0. The van der Waals surface area contributed by atoms with Crippen molar-refractivity contribution < 1.29 is 4.79 Å². The van der Waals surface area contributed by atoms with Gasteiger partial charge < -0.3 is 10.6 Å². The van der Waals surface area contributed by atoms with Gasteiger partial charge in [-0.15, -0.1) is 0 Å². The number of amides is 1. The van der Waals surface area contributed by atoms with Crippen molar-refractivity contribution >= 4 is 5.91 Å². The first-order chi connectivity index (χ1) is 5.11. The summed E-state index contributed by atoms with van der Waals surface area (Å²) in [6.07, 6.45) is 0.945. The van der Waals surface area contributed by atoms with Crippen LogP contribution in [0.15, 0.2) is 0 Å². The lowest BCUT2D eigenvalue weighted by Crippen LogP contribution is -2.47. The molecule has 3 nitrogen and oxygen atoms in total. The quantitative estimate of drug-likeness (QED) is 0.544. The van der Waals surface area contributed by atoms with Crippen LogP contribution in [-0.4, -0.2) is 29.9 Å². The fourth-order valence-electron chi connectivity index (χ4n) is 1.45. The van der Waals surface area contributed by atoms with Gasteiger partial charge in [-0.25, -0.2) is 0 Å². The van der Waals surface area contributed by atoms with Crippen molar-refractivity contribution in [3.05, 3.63) is 0 Å². The normalized spacial score (nSPS) is 32.1. The predicted molar refractivity (Wildman–Crippen MR) is 44.0 cm³/mol. The van der Waals surface area contributed by atoms with E-state index < -0.39 is 0 Å². The predicted octanol–water partition coefficient (Wildman–Crippen LogP) is 0.202. The number of likely N-dealkylation sites (tertiary alicyclic amines) is 1. The molecular weight excluding hydrogens is 140 g/mol. The lowest BCUT2D eigenvalue weighted by atomic mass is 9.95. The number of hydrogen-bond donors (Lipinski definition) is 1. The molecule has 1 heterocycles. The molecule has 1 rings (SSSR count). The molecule has 0 spiro atoms. The second-order valence-electron chi connectivity index (χ2n) is 3.39. The van der Waals surface area contributed by atoms with Gasteiger partial charge in [0.15, 0.2) is 0 Å². The van der Waals surface area contributed by atoms with Gasteiger partial charge in [0.05, 0.1) is 0 Å². The van der Waals surface area contributed by atoms with E-state index in [1.54, 1.807) is 6.92 Å². The van der Waals surface area contributed by atoms with Crippen LogP contribution in [0, 0.1) is 5.92 Å². The van der Waals surface area contributed by atoms with Crippen LogP contribution in [0.3, 0.4) is 0 Å². The first-order valence-electron chi connectivity index (χ1n) is 4.12. The molecule has 11 heavy (non-hydrogen) atoms. The second kappa shape index (κ2) is 3.22. The van der Waals surface area contributed by atoms with Crippen LogP contribution in [-0.2, 0) is 4.79 Å². The Hall–Kier alpha value is -0.570. The van der Waals surface area contributed by atoms with Gasteiger partial charge in [-0.1, -0.05) is 6.92 Å². The standard InChI is InChI=1S/C8H16N2O/c1-6-5-10(7(2)11)4-3-8(6)9/h6,8H,3-5,9H2,1-2H3/t6-,8+/m1/s1. The minimum absolute atomic E-state index is 0.170. The lowest BCUT2D eigenvalue weighted by molar-refractivity contribution is -0.130. The fourth-order valence-corrected chi connectivity index (χ4v) is 1.45. The summed E-state index contributed by atoms with van der Waals surface area (Å²) in [6, 6.07) is 0.283. The van der Waals surface area contributed by atoms with Gasteiger partial charge in [0.2, 0.25) is 5.91 Å². The third-order valence-corrected chi connectivity index (χ3v) is 2.42. The number of nitrogens with two attached hydrogens (primary N) is 1. The first kappa shape index (κ1) is 8.53. The summed E-state index contributed by atoms with van der Waals surface area (Å²) in [5.41, 5.74) is 5.80.